The summed E-state index contributed by atoms with van der Waals surface area (Å²) in [5.41, 5.74) is 2.93. The first-order valence-corrected chi connectivity index (χ1v) is 6.09. The predicted octanol–water partition coefficient (Wildman–Crippen LogP) is 2.81. The summed E-state index contributed by atoms with van der Waals surface area (Å²) < 4.78 is 5.43. The largest absolute Gasteiger partial charge is 0.507 e. The Morgan fingerprint density at radius 2 is 2.22 bits per heavy atom. The lowest BCUT2D eigenvalue weighted by atomic mass is 9.95. The molecule has 0 aliphatic heterocycles. The van der Waals surface area contributed by atoms with Crippen LogP contribution in [0.2, 0.25) is 0 Å². The third kappa shape index (κ3) is 1.62. The minimum atomic E-state index is -0.0850. The number of fused-ring (bicyclic) bond motifs is 1. The van der Waals surface area contributed by atoms with Crippen molar-refractivity contribution in [2.75, 3.05) is 7.11 Å². The van der Waals surface area contributed by atoms with Gasteiger partial charge in [-0.2, -0.15) is 0 Å². The van der Waals surface area contributed by atoms with Crippen molar-refractivity contribution < 1.29 is 14.6 Å². The highest BCUT2D eigenvalue weighted by Gasteiger charge is 2.35. The molecule has 18 heavy (non-hydrogen) atoms. The smallest absolute Gasteiger partial charge is 0.170 e. The lowest BCUT2D eigenvalue weighted by Gasteiger charge is -2.16. The van der Waals surface area contributed by atoms with E-state index in [4.69, 9.17) is 4.74 Å². The Kier molecular flexibility index (Phi) is 3.16. The number of hydrogen-bond donors (Lipinski definition) is 1. The fraction of sp³-hybridized carbons (Fsp3) is 0.400. The number of carbonyl (C=O) groups is 1. The normalized spacial score (nSPS) is 17.7. The maximum atomic E-state index is 12.1. The molecule has 3 nitrogen and oxygen atoms in total. The van der Waals surface area contributed by atoms with Gasteiger partial charge in [-0.25, -0.2) is 0 Å². The van der Waals surface area contributed by atoms with Gasteiger partial charge in [-0.3, -0.25) is 4.79 Å². The molecule has 1 aromatic rings. The van der Waals surface area contributed by atoms with Gasteiger partial charge in [-0.05, 0) is 25.3 Å². The van der Waals surface area contributed by atoms with Crippen molar-refractivity contribution in [3.05, 3.63) is 34.9 Å². The van der Waals surface area contributed by atoms with Crippen LogP contribution >= 0.6 is 0 Å². The van der Waals surface area contributed by atoms with Gasteiger partial charge in [-0.15, -0.1) is 6.58 Å². The number of carbonyl (C=O) groups excluding carboxylic acids is 1. The molecule has 3 heteroatoms. The zero-order valence-electron chi connectivity index (χ0n) is 11.0. The number of allylic oxidation sites excluding steroid dienone is 1. The number of benzene rings is 1. The average Bonchev–Trinajstić information content (AvgIpc) is 2.62. The molecule has 0 radical (unpaired) electrons. The number of aromatic hydroxyl groups is 1. The summed E-state index contributed by atoms with van der Waals surface area (Å²) in [5, 5.41) is 10.3. The number of ether oxygens (including phenoxy) is 1. The monoisotopic (exact) mass is 246 g/mol. The molecule has 2 rings (SSSR count). The van der Waals surface area contributed by atoms with Crippen molar-refractivity contribution in [3.63, 3.8) is 0 Å². The molecule has 0 bridgehead atoms. The molecule has 1 N–H and O–H groups in total. The Morgan fingerprint density at radius 1 is 1.56 bits per heavy atom. The zero-order chi connectivity index (χ0) is 13.4. The van der Waals surface area contributed by atoms with E-state index in [0.29, 0.717) is 18.4 Å². The van der Waals surface area contributed by atoms with Crippen molar-refractivity contribution in [3.8, 4) is 11.5 Å². The fourth-order valence-electron chi connectivity index (χ4n) is 2.72. The van der Waals surface area contributed by atoms with E-state index < -0.39 is 0 Å². The summed E-state index contributed by atoms with van der Waals surface area (Å²) >= 11 is 0. The van der Waals surface area contributed by atoms with Gasteiger partial charge in [0.1, 0.15) is 11.5 Å². The van der Waals surface area contributed by atoms with Crippen molar-refractivity contribution in [1.29, 1.82) is 0 Å². The topological polar surface area (TPSA) is 46.5 Å². The first-order valence-electron chi connectivity index (χ1n) is 6.09. The van der Waals surface area contributed by atoms with Crippen LogP contribution in [-0.4, -0.2) is 18.0 Å². The molecule has 1 unspecified atom stereocenters. The summed E-state index contributed by atoms with van der Waals surface area (Å²) in [6, 6.07) is 0. The van der Waals surface area contributed by atoms with E-state index in [1.54, 1.807) is 13.2 Å². The Hall–Kier alpha value is -1.77. The molecule has 0 amide bonds. The second kappa shape index (κ2) is 4.48. The van der Waals surface area contributed by atoms with E-state index in [1.807, 2.05) is 13.8 Å². The molecule has 0 saturated heterocycles. The Morgan fingerprint density at radius 3 is 2.78 bits per heavy atom. The van der Waals surface area contributed by atoms with Gasteiger partial charge in [0.15, 0.2) is 5.78 Å². The van der Waals surface area contributed by atoms with Crippen LogP contribution in [0.3, 0.4) is 0 Å². The lowest BCUT2D eigenvalue weighted by molar-refractivity contribution is 0.0944. The highest BCUT2D eigenvalue weighted by molar-refractivity contribution is 6.05. The van der Waals surface area contributed by atoms with Gasteiger partial charge in [0, 0.05) is 17.0 Å². The van der Waals surface area contributed by atoms with Gasteiger partial charge < -0.3 is 9.84 Å². The van der Waals surface area contributed by atoms with Crippen LogP contribution in [0.1, 0.15) is 34.0 Å². The van der Waals surface area contributed by atoms with E-state index in [0.717, 1.165) is 22.4 Å². The Labute approximate surface area is 107 Å². The van der Waals surface area contributed by atoms with Gasteiger partial charge >= 0.3 is 0 Å². The molecule has 0 heterocycles. The summed E-state index contributed by atoms with van der Waals surface area (Å²) in [5.74, 6) is 0.763. The van der Waals surface area contributed by atoms with Crippen LogP contribution in [0.4, 0.5) is 0 Å². The van der Waals surface area contributed by atoms with Crippen LogP contribution in [-0.2, 0) is 12.8 Å². The Balaban J connectivity index is 2.76. The Bertz CT molecular complexity index is 529. The summed E-state index contributed by atoms with van der Waals surface area (Å²) in [6.45, 7) is 7.47. The number of phenolic OH excluding ortho intramolecular Hbond substituents is 1. The molecule has 96 valence electrons. The SMILES string of the molecule is C=CCc1c(C)c(OC)c2c(c1O)C(=O)C(C)C2. The van der Waals surface area contributed by atoms with Crippen LogP contribution < -0.4 is 4.74 Å². The van der Waals surface area contributed by atoms with Crippen LogP contribution in [0.15, 0.2) is 12.7 Å². The second-order valence-corrected chi connectivity index (χ2v) is 4.80. The predicted molar refractivity (Wildman–Crippen MR) is 70.5 cm³/mol. The third-order valence-corrected chi connectivity index (χ3v) is 3.65. The maximum Gasteiger partial charge on any atom is 0.170 e. The minimum Gasteiger partial charge on any atom is -0.507 e. The van der Waals surface area contributed by atoms with Gasteiger partial charge in [0.25, 0.3) is 0 Å². The number of rotatable bonds is 3. The van der Waals surface area contributed by atoms with Crippen molar-refractivity contribution in [1.82, 2.24) is 0 Å². The van der Waals surface area contributed by atoms with E-state index in [9.17, 15) is 9.90 Å². The highest BCUT2D eigenvalue weighted by atomic mass is 16.5. The van der Waals surface area contributed by atoms with Crippen LogP contribution in [0, 0.1) is 12.8 Å². The fourth-order valence-corrected chi connectivity index (χ4v) is 2.72. The molecule has 1 atom stereocenters. The molecule has 0 aromatic heterocycles. The maximum absolute atomic E-state index is 12.1. The summed E-state index contributed by atoms with van der Waals surface area (Å²) in [6.07, 6.45) is 2.89. The zero-order valence-corrected chi connectivity index (χ0v) is 11.0. The molecule has 0 saturated carbocycles. The first-order chi connectivity index (χ1) is 8.52. The van der Waals surface area contributed by atoms with Crippen molar-refractivity contribution in [2.45, 2.75) is 26.7 Å². The summed E-state index contributed by atoms with van der Waals surface area (Å²) in [7, 11) is 1.60. The van der Waals surface area contributed by atoms with Gasteiger partial charge in [-0.1, -0.05) is 13.0 Å². The highest BCUT2D eigenvalue weighted by Crippen LogP contribution is 2.44. The van der Waals surface area contributed by atoms with E-state index in [2.05, 4.69) is 6.58 Å². The number of Topliss-reactive ketones (excluding diaryl/α,β-unsaturated/α-hetero) is 1. The van der Waals surface area contributed by atoms with Crippen molar-refractivity contribution >= 4 is 5.78 Å². The van der Waals surface area contributed by atoms with Gasteiger partial charge in [0.2, 0.25) is 0 Å². The molecule has 1 aliphatic rings. The van der Waals surface area contributed by atoms with E-state index >= 15 is 0 Å². The lowest BCUT2D eigenvalue weighted by Crippen LogP contribution is -2.05. The van der Waals surface area contributed by atoms with Crippen LogP contribution in [0.5, 0.6) is 11.5 Å². The number of phenols is 1. The number of ketones is 1. The minimum absolute atomic E-state index is 0.00566. The average molecular weight is 246 g/mol. The molecular formula is C15H18O3. The second-order valence-electron chi connectivity index (χ2n) is 4.80. The van der Waals surface area contributed by atoms with Crippen LogP contribution in [0.25, 0.3) is 0 Å². The number of hydrogen-bond acceptors (Lipinski definition) is 3. The number of methoxy groups -OCH3 is 1. The molecular weight excluding hydrogens is 228 g/mol. The van der Waals surface area contributed by atoms with E-state index in [1.165, 1.54) is 0 Å². The van der Waals surface area contributed by atoms with E-state index in [-0.39, 0.29) is 17.5 Å². The molecule has 0 fully saturated rings. The standard InChI is InChI=1S/C15H18O3/c1-5-6-10-9(3)15(18-4)11-7-8(2)13(16)12(11)14(10)17/h5,8,17H,1,6-7H2,2-4H3. The molecule has 1 aromatic carbocycles. The van der Waals surface area contributed by atoms with Gasteiger partial charge in [0.05, 0.1) is 12.7 Å². The molecule has 0 spiro atoms. The first kappa shape index (κ1) is 12.7. The third-order valence-electron chi connectivity index (χ3n) is 3.65. The summed E-state index contributed by atoms with van der Waals surface area (Å²) in [4.78, 5) is 12.1. The molecule has 1 aliphatic carbocycles. The quantitative estimate of drug-likeness (QED) is 0.834. The van der Waals surface area contributed by atoms with Crippen molar-refractivity contribution in [2.24, 2.45) is 5.92 Å².